The van der Waals surface area contributed by atoms with E-state index in [4.69, 9.17) is 0 Å². The first-order valence-electron chi connectivity index (χ1n) is 15.7. The number of hydrogen-bond donors (Lipinski definition) is 5. The minimum Gasteiger partial charge on any atom is -0.508 e. The Hall–Kier alpha value is -5.96. The number of benzene rings is 5. The molecule has 5 aromatic carbocycles. The molecule has 0 bridgehead atoms. The van der Waals surface area contributed by atoms with Crippen LogP contribution in [-0.4, -0.2) is 52.0 Å². The van der Waals surface area contributed by atoms with Gasteiger partial charge in [-0.3, -0.25) is 14.4 Å². The Morgan fingerprint density at radius 1 is 0.500 bits per heavy atom. The Morgan fingerprint density at radius 3 is 1.54 bits per heavy atom. The van der Waals surface area contributed by atoms with E-state index in [-0.39, 0.29) is 37.3 Å². The summed E-state index contributed by atoms with van der Waals surface area (Å²) in [4.78, 5) is 53.1. The van der Waals surface area contributed by atoms with Gasteiger partial charge in [0.2, 0.25) is 17.7 Å². The average Bonchev–Trinajstić information content (AvgIpc) is 3.09. The first kappa shape index (κ1) is 33.4. The molecular formula is C39H37N3O6. The van der Waals surface area contributed by atoms with Crippen molar-refractivity contribution in [3.63, 3.8) is 0 Å². The van der Waals surface area contributed by atoms with Crippen LogP contribution >= 0.6 is 0 Å². The molecule has 9 heteroatoms. The van der Waals surface area contributed by atoms with Gasteiger partial charge in [0.25, 0.3) is 0 Å². The van der Waals surface area contributed by atoms with Crippen molar-refractivity contribution in [2.75, 3.05) is 0 Å². The van der Waals surface area contributed by atoms with Crippen molar-refractivity contribution >= 4 is 34.5 Å². The molecule has 0 fully saturated rings. The summed E-state index contributed by atoms with van der Waals surface area (Å²) in [5.74, 6) is -2.82. The smallest absolute Gasteiger partial charge is 0.326 e. The second-order valence-corrected chi connectivity index (χ2v) is 11.7. The second-order valence-electron chi connectivity index (χ2n) is 11.7. The van der Waals surface area contributed by atoms with Crippen molar-refractivity contribution in [2.24, 2.45) is 0 Å². The van der Waals surface area contributed by atoms with E-state index < -0.39 is 35.9 Å². The van der Waals surface area contributed by atoms with E-state index in [2.05, 4.69) is 16.0 Å². The number of carbonyl (C=O) groups excluding carboxylic acids is 3. The molecule has 0 saturated heterocycles. The molecule has 0 aliphatic carbocycles. The van der Waals surface area contributed by atoms with Crippen molar-refractivity contribution in [3.05, 3.63) is 150 Å². The zero-order valence-electron chi connectivity index (χ0n) is 26.2. The lowest BCUT2D eigenvalue weighted by Crippen LogP contribution is -2.57. The summed E-state index contributed by atoms with van der Waals surface area (Å²) in [5, 5.41) is 29.8. The maximum Gasteiger partial charge on any atom is 0.326 e. The third-order valence-corrected chi connectivity index (χ3v) is 8.02. The van der Waals surface area contributed by atoms with E-state index in [0.29, 0.717) is 5.56 Å². The van der Waals surface area contributed by atoms with Crippen LogP contribution in [0.5, 0.6) is 5.75 Å². The minimum atomic E-state index is -1.29. The van der Waals surface area contributed by atoms with Crippen LogP contribution in [0.2, 0.25) is 0 Å². The molecule has 0 aromatic heterocycles. The number of phenolic OH excluding ortho intramolecular Hbond substituents is 1. The minimum absolute atomic E-state index is 0.0329. The van der Waals surface area contributed by atoms with E-state index in [9.17, 15) is 29.4 Å². The molecule has 0 heterocycles. The molecule has 5 N–H and O–H groups in total. The quantitative estimate of drug-likeness (QED) is 0.122. The Kier molecular flexibility index (Phi) is 11.2. The zero-order chi connectivity index (χ0) is 33.9. The van der Waals surface area contributed by atoms with E-state index in [1.807, 2.05) is 103 Å². The van der Waals surface area contributed by atoms with Crippen LogP contribution in [0.25, 0.3) is 10.8 Å². The van der Waals surface area contributed by atoms with Gasteiger partial charge in [-0.1, -0.05) is 115 Å². The second kappa shape index (κ2) is 16.0. The van der Waals surface area contributed by atoms with Crippen LogP contribution in [0.4, 0.5) is 0 Å². The topological polar surface area (TPSA) is 145 Å². The fourth-order valence-corrected chi connectivity index (χ4v) is 5.51. The monoisotopic (exact) mass is 643 g/mol. The Morgan fingerprint density at radius 2 is 0.958 bits per heavy atom. The molecule has 0 aliphatic heterocycles. The van der Waals surface area contributed by atoms with E-state index >= 15 is 0 Å². The summed E-state index contributed by atoms with van der Waals surface area (Å²) in [6.45, 7) is 0. The van der Waals surface area contributed by atoms with Gasteiger partial charge in [-0.2, -0.15) is 0 Å². The molecular weight excluding hydrogens is 606 g/mol. The number of phenols is 1. The van der Waals surface area contributed by atoms with Crippen molar-refractivity contribution < 1.29 is 29.4 Å². The predicted octanol–water partition coefficient (Wildman–Crippen LogP) is 4.36. The van der Waals surface area contributed by atoms with E-state index in [1.165, 1.54) is 12.1 Å². The number of carbonyl (C=O) groups is 4. The lowest BCUT2D eigenvalue weighted by molar-refractivity contribution is -0.142. The van der Waals surface area contributed by atoms with Crippen LogP contribution in [0, 0.1) is 0 Å². The van der Waals surface area contributed by atoms with Crippen LogP contribution in [-0.2, 0) is 44.9 Å². The highest BCUT2D eigenvalue weighted by Gasteiger charge is 2.30. The van der Waals surface area contributed by atoms with Crippen LogP contribution in [0.3, 0.4) is 0 Å². The largest absolute Gasteiger partial charge is 0.508 e. The Labute approximate surface area is 278 Å². The van der Waals surface area contributed by atoms with Gasteiger partial charge in [0.15, 0.2) is 0 Å². The first-order chi connectivity index (χ1) is 23.2. The van der Waals surface area contributed by atoms with Gasteiger partial charge in [-0.25, -0.2) is 4.79 Å². The fourth-order valence-electron chi connectivity index (χ4n) is 5.51. The molecule has 5 rings (SSSR count). The number of amides is 3. The summed E-state index contributed by atoms with van der Waals surface area (Å²) in [6.07, 6.45) is 0.283. The molecule has 0 radical (unpaired) electrons. The molecule has 48 heavy (non-hydrogen) atoms. The molecule has 5 aromatic rings. The summed E-state index contributed by atoms with van der Waals surface area (Å²) < 4.78 is 0. The molecule has 244 valence electrons. The highest BCUT2D eigenvalue weighted by molar-refractivity contribution is 5.94. The number of aromatic hydroxyl groups is 1. The molecule has 0 unspecified atom stereocenters. The maximum atomic E-state index is 13.9. The third kappa shape index (κ3) is 9.53. The third-order valence-electron chi connectivity index (χ3n) is 8.02. The normalized spacial score (nSPS) is 12.8. The van der Waals surface area contributed by atoms with Crippen LogP contribution in [0.15, 0.2) is 127 Å². The highest BCUT2D eigenvalue weighted by atomic mass is 16.4. The number of aliphatic carboxylic acids is 1. The molecule has 3 amide bonds. The standard InChI is InChI=1S/C39H37N3O6/c43-32-19-16-28(17-20-32)24-35(39(47)48)42-38(46)34(23-27-11-5-2-6-12-27)41-37(45)33(22-26-9-3-1-4-10-26)40-36(44)25-29-15-18-30-13-7-8-14-31(30)21-29/h1-21,33-35,43H,22-25H2,(H,40,44)(H,41,45)(H,42,46)(H,47,48)/t33-,34+,35-/m0/s1. The number of nitrogens with one attached hydrogen (secondary N) is 3. The number of hydrogen-bond acceptors (Lipinski definition) is 5. The summed E-state index contributed by atoms with van der Waals surface area (Å²) >= 11 is 0. The number of carboxylic acids is 1. The van der Waals surface area contributed by atoms with E-state index in [1.54, 1.807) is 12.1 Å². The van der Waals surface area contributed by atoms with Crippen molar-refractivity contribution in [1.82, 2.24) is 16.0 Å². The van der Waals surface area contributed by atoms with Gasteiger partial charge in [-0.15, -0.1) is 0 Å². The lowest BCUT2D eigenvalue weighted by Gasteiger charge is -2.25. The Bertz CT molecular complexity index is 1860. The van der Waals surface area contributed by atoms with Gasteiger partial charge in [0.1, 0.15) is 23.9 Å². The zero-order valence-corrected chi connectivity index (χ0v) is 26.2. The van der Waals surface area contributed by atoms with Crippen molar-refractivity contribution in [3.8, 4) is 5.75 Å². The van der Waals surface area contributed by atoms with Gasteiger partial charge < -0.3 is 26.2 Å². The molecule has 3 atom stereocenters. The molecule has 9 nitrogen and oxygen atoms in total. The first-order valence-corrected chi connectivity index (χ1v) is 15.7. The van der Waals surface area contributed by atoms with Crippen molar-refractivity contribution in [2.45, 2.75) is 43.8 Å². The maximum absolute atomic E-state index is 13.9. The number of carboxylic acid groups (broad SMARTS) is 1. The summed E-state index contributed by atoms with van der Waals surface area (Å²) in [5.41, 5.74) is 2.96. The van der Waals surface area contributed by atoms with Crippen molar-refractivity contribution in [1.29, 1.82) is 0 Å². The summed E-state index contributed by atoms with van der Waals surface area (Å²) in [6, 6.07) is 34.5. The SMILES string of the molecule is O=C(Cc1ccc2ccccc2c1)N[C@@H](Cc1ccccc1)C(=O)N[C@H](Cc1ccccc1)C(=O)N[C@@H](Cc1ccc(O)cc1)C(=O)O. The van der Waals surface area contributed by atoms with Gasteiger partial charge in [-0.05, 0) is 45.2 Å². The molecule has 0 spiro atoms. The van der Waals surface area contributed by atoms with Gasteiger partial charge >= 0.3 is 5.97 Å². The average molecular weight is 644 g/mol. The molecule has 0 aliphatic rings. The van der Waals surface area contributed by atoms with Gasteiger partial charge in [0, 0.05) is 19.3 Å². The Balaban J connectivity index is 1.34. The van der Waals surface area contributed by atoms with E-state index in [0.717, 1.165) is 27.5 Å². The number of fused-ring (bicyclic) bond motifs is 1. The predicted molar refractivity (Wildman–Crippen MR) is 183 cm³/mol. The number of rotatable bonds is 14. The summed E-state index contributed by atoms with van der Waals surface area (Å²) in [7, 11) is 0. The van der Waals surface area contributed by atoms with Crippen LogP contribution < -0.4 is 16.0 Å². The van der Waals surface area contributed by atoms with Gasteiger partial charge in [0.05, 0.1) is 6.42 Å². The highest BCUT2D eigenvalue weighted by Crippen LogP contribution is 2.17. The lowest BCUT2D eigenvalue weighted by atomic mass is 10.0. The molecule has 0 saturated carbocycles. The fraction of sp³-hybridized carbons (Fsp3) is 0.179. The van der Waals surface area contributed by atoms with Crippen LogP contribution in [0.1, 0.15) is 22.3 Å².